The van der Waals surface area contributed by atoms with Crippen LogP contribution in [-0.2, 0) is 9.53 Å². The summed E-state index contributed by atoms with van der Waals surface area (Å²) in [6.07, 6.45) is 0.620. The molecule has 1 aliphatic heterocycles. The molecule has 1 aromatic rings. The number of rotatable bonds is 5. The van der Waals surface area contributed by atoms with E-state index < -0.39 is 11.5 Å². The first-order chi connectivity index (χ1) is 14.1. The van der Waals surface area contributed by atoms with Gasteiger partial charge in [-0.2, -0.15) is 0 Å². The maximum absolute atomic E-state index is 12.4. The molecule has 0 aromatic heterocycles. The minimum absolute atomic E-state index is 0.287. The normalized spacial score (nSPS) is 14.6. The summed E-state index contributed by atoms with van der Waals surface area (Å²) in [5.41, 5.74) is 4.66. The van der Waals surface area contributed by atoms with E-state index in [9.17, 15) is 14.4 Å². The highest BCUT2D eigenvalue weighted by atomic mass is 16.6. The smallest absolute Gasteiger partial charge is 0.410 e. The van der Waals surface area contributed by atoms with Crippen molar-refractivity contribution >= 4 is 17.9 Å². The van der Waals surface area contributed by atoms with E-state index in [1.165, 1.54) is 7.11 Å². The maximum Gasteiger partial charge on any atom is 0.410 e. The van der Waals surface area contributed by atoms with Crippen molar-refractivity contribution in [2.45, 2.75) is 46.1 Å². The average molecular weight is 421 g/mol. The third-order valence-corrected chi connectivity index (χ3v) is 4.54. The van der Waals surface area contributed by atoms with Crippen molar-refractivity contribution in [3.63, 3.8) is 0 Å². The van der Waals surface area contributed by atoms with E-state index in [0.717, 1.165) is 0 Å². The minimum Gasteiger partial charge on any atom is -0.493 e. The Morgan fingerprint density at radius 3 is 2.33 bits per heavy atom. The summed E-state index contributed by atoms with van der Waals surface area (Å²) in [5, 5.41) is 0. The number of carbonyl (C=O) groups is 3. The lowest BCUT2D eigenvalue weighted by Crippen LogP contribution is -2.48. The number of hydrogen-bond acceptors (Lipinski definition) is 6. The Morgan fingerprint density at radius 2 is 1.77 bits per heavy atom. The molecular weight excluding hydrogens is 390 g/mol. The van der Waals surface area contributed by atoms with Gasteiger partial charge in [0.25, 0.3) is 5.91 Å². The van der Waals surface area contributed by atoms with Crippen LogP contribution in [-0.4, -0.2) is 55.2 Å². The molecular formula is C21H31N3O6. The van der Waals surface area contributed by atoms with Crippen LogP contribution in [0, 0.1) is 5.92 Å². The Kier molecular flexibility index (Phi) is 7.91. The minimum atomic E-state index is -0.556. The van der Waals surface area contributed by atoms with Crippen molar-refractivity contribution in [2.75, 3.05) is 26.8 Å². The summed E-state index contributed by atoms with van der Waals surface area (Å²) in [7, 11) is 1.49. The molecule has 0 spiro atoms. The van der Waals surface area contributed by atoms with Gasteiger partial charge in [0.1, 0.15) is 5.60 Å². The zero-order chi connectivity index (χ0) is 22.3. The van der Waals surface area contributed by atoms with E-state index in [1.54, 1.807) is 23.1 Å². The predicted octanol–water partition coefficient (Wildman–Crippen LogP) is 2.50. The molecule has 1 saturated heterocycles. The van der Waals surface area contributed by atoms with Crippen LogP contribution in [0.1, 0.15) is 50.9 Å². The van der Waals surface area contributed by atoms with Crippen LogP contribution >= 0.6 is 0 Å². The molecule has 9 heteroatoms. The Labute approximate surface area is 177 Å². The molecule has 3 amide bonds. The molecule has 30 heavy (non-hydrogen) atoms. The van der Waals surface area contributed by atoms with Crippen LogP contribution in [0.15, 0.2) is 18.2 Å². The van der Waals surface area contributed by atoms with Crippen molar-refractivity contribution in [3.05, 3.63) is 23.8 Å². The Bertz CT molecular complexity index is 766. The molecule has 166 valence electrons. The fourth-order valence-corrected chi connectivity index (χ4v) is 3.03. The molecule has 1 heterocycles. The van der Waals surface area contributed by atoms with Crippen molar-refractivity contribution in [3.8, 4) is 11.5 Å². The number of piperidine rings is 1. The van der Waals surface area contributed by atoms with Crippen molar-refractivity contribution < 1.29 is 28.6 Å². The molecule has 9 nitrogen and oxygen atoms in total. The molecule has 0 atom stereocenters. The molecule has 0 saturated carbocycles. The predicted molar refractivity (Wildman–Crippen MR) is 110 cm³/mol. The summed E-state index contributed by atoms with van der Waals surface area (Å²) in [5.74, 6) is -0.0671. The standard InChI is InChI=1S/C21H31N3O6/c1-6-29-16-8-7-15(13-17(16)28-5)19(26)23-22-18(25)14-9-11-24(12-10-14)20(27)30-21(2,3)4/h7-8,13-14H,6,9-12H2,1-5H3,(H,22,25)(H,23,26). The topological polar surface area (TPSA) is 106 Å². The number of hydrazine groups is 1. The second kappa shape index (κ2) is 10.2. The van der Waals surface area contributed by atoms with Crippen LogP contribution in [0.25, 0.3) is 0 Å². The van der Waals surface area contributed by atoms with Gasteiger partial charge >= 0.3 is 6.09 Å². The van der Waals surface area contributed by atoms with Gasteiger partial charge in [-0.05, 0) is 58.7 Å². The average Bonchev–Trinajstić information content (AvgIpc) is 2.71. The summed E-state index contributed by atoms with van der Waals surface area (Å²) in [4.78, 5) is 38.5. The lowest BCUT2D eigenvalue weighted by molar-refractivity contribution is -0.127. The van der Waals surface area contributed by atoms with E-state index in [-0.39, 0.29) is 17.9 Å². The van der Waals surface area contributed by atoms with Crippen molar-refractivity contribution in [1.29, 1.82) is 0 Å². The summed E-state index contributed by atoms with van der Waals surface area (Å²) < 4.78 is 16.0. The van der Waals surface area contributed by atoms with E-state index in [4.69, 9.17) is 14.2 Å². The number of likely N-dealkylation sites (tertiary alicyclic amines) is 1. The van der Waals surface area contributed by atoms with E-state index in [1.807, 2.05) is 27.7 Å². The van der Waals surface area contributed by atoms with E-state index in [2.05, 4.69) is 10.9 Å². The van der Waals surface area contributed by atoms with Gasteiger partial charge in [0.2, 0.25) is 5.91 Å². The first-order valence-corrected chi connectivity index (χ1v) is 10.0. The van der Waals surface area contributed by atoms with Gasteiger partial charge in [0.15, 0.2) is 11.5 Å². The number of nitrogens with zero attached hydrogens (tertiary/aromatic N) is 1. The van der Waals surface area contributed by atoms with Crippen LogP contribution in [0.5, 0.6) is 11.5 Å². The molecule has 0 unspecified atom stereocenters. The zero-order valence-corrected chi connectivity index (χ0v) is 18.2. The summed E-state index contributed by atoms with van der Waals surface area (Å²) >= 11 is 0. The number of hydrogen-bond donors (Lipinski definition) is 2. The Balaban J connectivity index is 1.83. The van der Waals surface area contributed by atoms with Gasteiger partial charge in [-0.3, -0.25) is 20.4 Å². The van der Waals surface area contributed by atoms with Gasteiger partial charge in [0.05, 0.1) is 13.7 Å². The van der Waals surface area contributed by atoms with Gasteiger partial charge < -0.3 is 19.1 Å². The highest BCUT2D eigenvalue weighted by molar-refractivity contribution is 5.96. The van der Waals surface area contributed by atoms with Crippen molar-refractivity contribution in [1.82, 2.24) is 15.8 Å². The number of methoxy groups -OCH3 is 1. The molecule has 1 aromatic carbocycles. The Hall–Kier alpha value is -2.97. The summed E-state index contributed by atoms with van der Waals surface area (Å²) in [6, 6.07) is 4.78. The third-order valence-electron chi connectivity index (χ3n) is 4.54. The molecule has 1 fully saturated rings. The van der Waals surface area contributed by atoms with Crippen molar-refractivity contribution in [2.24, 2.45) is 5.92 Å². The van der Waals surface area contributed by atoms with Crippen LogP contribution < -0.4 is 20.3 Å². The van der Waals surface area contributed by atoms with Gasteiger partial charge in [-0.15, -0.1) is 0 Å². The largest absolute Gasteiger partial charge is 0.493 e. The highest BCUT2D eigenvalue weighted by Crippen LogP contribution is 2.28. The Morgan fingerprint density at radius 1 is 1.10 bits per heavy atom. The number of nitrogens with one attached hydrogen (secondary N) is 2. The van der Waals surface area contributed by atoms with Gasteiger partial charge in [0, 0.05) is 24.6 Å². The molecule has 1 aliphatic rings. The molecule has 0 bridgehead atoms. The van der Waals surface area contributed by atoms with E-state index >= 15 is 0 Å². The van der Waals surface area contributed by atoms with E-state index in [0.29, 0.717) is 49.6 Å². The fraction of sp³-hybridized carbons (Fsp3) is 0.571. The van der Waals surface area contributed by atoms with Crippen LogP contribution in [0.4, 0.5) is 4.79 Å². The summed E-state index contributed by atoms with van der Waals surface area (Å²) in [6.45, 7) is 8.63. The third kappa shape index (κ3) is 6.53. The van der Waals surface area contributed by atoms with Gasteiger partial charge in [-0.25, -0.2) is 4.79 Å². The quantitative estimate of drug-likeness (QED) is 0.708. The number of benzene rings is 1. The lowest BCUT2D eigenvalue weighted by Gasteiger charge is -2.32. The number of amides is 3. The monoisotopic (exact) mass is 421 g/mol. The maximum atomic E-state index is 12.4. The fourth-order valence-electron chi connectivity index (χ4n) is 3.03. The molecule has 2 rings (SSSR count). The zero-order valence-electron chi connectivity index (χ0n) is 18.2. The molecule has 2 N–H and O–H groups in total. The number of ether oxygens (including phenoxy) is 3. The highest BCUT2D eigenvalue weighted by Gasteiger charge is 2.30. The molecule has 0 radical (unpaired) electrons. The lowest BCUT2D eigenvalue weighted by atomic mass is 9.96. The first kappa shape index (κ1) is 23.3. The second-order valence-corrected chi connectivity index (χ2v) is 7.98. The van der Waals surface area contributed by atoms with Crippen LogP contribution in [0.3, 0.4) is 0 Å². The van der Waals surface area contributed by atoms with Crippen LogP contribution in [0.2, 0.25) is 0 Å². The SMILES string of the molecule is CCOc1ccc(C(=O)NNC(=O)C2CCN(C(=O)OC(C)(C)C)CC2)cc1OC. The second-order valence-electron chi connectivity index (χ2n) is 7.98. The van der Waals surface area contributed by atoms with Gasteiger partial charge in [-0.1, -0.05) is 0 Å². The number of carbonyl (C=O) groups excluding carboxylic acids is 3. The first-order valence-electron chi connectivity index (χ1n) is 10.0. The molecule has 0 aliphatic carbocycles.